The van der Waals surface area contributed by atoms with Gasteiger partial charge in [-0.05, 0) is 23.3 Å². The standard InChI is InChI=1S/C20H21N.C2H6/c1-3-4-11-18(2)16-21(20-14-9-6-10-15-20)17-19-12-7-5-8-13-19;1-2/h3-15H,1-2,16-17H2;1-2H3/b11-4-;. The Balaban J connectivity index is 0.00000127. The minimum absolute atomic E-state index is 0.795. The van der Waals surface area contributed by atoms with Crippen molar-refractivity contribution < 1.29 is 0 Å². The molecule has 2 aromatic carbocycles. The van der Waals surface area contributed by atoms with Gasteiger partial charge in [-0.2, -0.15) is 0 Å². The fourth-order valence-electron chi connectivity index (χ4n) is 2.18. The lowest BCUT2D eigenvalue weighted by molar-refractivity contribution is 0.854. The van der Waals surface area contributed by atoms with Crippen LogP contribution in [0.5, 0.6) is 0 Å². The van der Waals surface area contributed by atoms with Gasteiger partial charge in [0.15, 0.2) is 0 Å². The summed E-state index contributed by atoms with van der Waals surface area (Å²) in [6.45, 7) is 13.5. The molecule has 23 heavy (non-hydrogen) atoms. The molecule has 0 unspecified atom stereocenters. The number of rotatable bonds is 7. The predicted molar refractivity (Wildman–Crippen MR) is 104 cm³/mol. The van der Waals surface area contributed by atoms with Gasteiger partial charge in [0.2, 0.25) is 0 Å². The van der Waals surface area contributed by atoms with Crippen LogP contribution >= 0.6 is 0 Å². The van der Waals surface area contributed by atoms with Gasteiger partial charge >= 0.3 is 0 Å². The minimum atomic E-state index is 0.795. The highest BCUT2D eigenvalue weighted by atomic mass is 15.1. The van der Waals surface area contributed by atoms with E-state index in [1.165, 1.54) is 11.3 Å². The van der Waals surface area contributed by atoms with Gasteiger partial charge in [-0.1, -0.05) is 93.8 Å². The molecule has 0 saturated heterocycles. The average Bonchev–Trinajstić information content (AvgIpc) is 2.63. The van der Waals surface area contributed by atoms with Crippen molar-refractivity contribution in [3.8, 4) is 0 Å². The maximum Gasteiger partial charge on any atom is 0.0433 e. The van der Waals surface area contributed by atoms with E-state index in [0.717, 1.165) is 18.7 Å². The fraction of sp³-hybridized carbons (Fsp3) is 0.182. The molecule has 0 aliphatic rings. The van der Waals surface area contributed by atoms with E-state index >= 15 is 0 Å². The number of allylic oxidation sites excluding steroid dienone is 2. The molecule has 0 aromatic heterocycles. The summed E-state index contributed by atoms with van der Waals surface area (Å²) in [6, 6.07) is 20.9. The van der Waals surface area contributed by atoms with E-state index in [4.69, 9.17) is 0 Å². The van der Waals surface area contributed by atoms with Crippen LogP contribution < -0.4 is 4.90 Å². The van der Waals surface area contributed by atoms with Gasteiger partial charge in [0.05, 0.1) is 0 Å². The SMILES string of the molecule is C=C/C=C\C(=C)CN(Cc1ccccc1)c1ccccc1.CC. The smallest absolute Gasteiger partial charge is 0.0433 e. The predicted octanol–water partition coefficient (Wildman–Crippen LogP) is 6.02. The summed E-state index contributed by atoms with van der Waals surface area (Å²) >= 11 is 0. The molecule has 1 heteroatoms. The second kappa shape index (κ2) is 11.1. The number of para-hydroxylation sites is 1. The summed E-state index contributed by atoms with van der Waals surface area (Å²) < 4.78 is 0. The Morgan fingerprint density at radius 1 is 0.957 bits per heavy atom. The molecular formula is C22H27N. The van der Waals surface area contributed by atoms with Crippen molar-refractivity contribution in [2.75, 3.05) is 11.4 Å². The Labute approximate surface area is 141 Å². The van der Waals surface area contributed by atoms with Gasteiger partial charge in [0.25, 0.3) is 0 Å². The molecule has 0 saturated carbocycles. The summed E-state index contributed by atoms with van der Waals surface area (Å²) in [5.41, 5.74) is 3.56. The third-order valence-corrected chi connectivity index (χ3v) is 3.20. The van der Waals surface area contributed by atoms with Crippen LogP contribution in [0.1, 0.15) is 19.4 Å². The molecule has 0 spiro atoms. The van der Waals surface area contributed by atoms with Gasteiger partial charge < -0.3 is 4.90 Å². The van der Waals surface area contributed by atoms with Gasteiger partial charge in [0.1, 0.15) is 0 Å². The molecule has 120 valence electrons. The molecule has 2 rings (SSSR count). The number of anilines is 1. The van der Waals surface area contributed by atoms with Crippen molar-refractivity contribution in [1.82, 2.24) is 0 Å². The van der Waals surface area contributed by atoms with Crippen molar-refractivity contribution in [3.63, 3.8) is 0 Å². The molecular weight excluding hydrogens is 278 g/mol. The van der Waals surface area contributed by atoms with Crippen LogP contribution in [-0.4, -0.2) is 6.54 Å². The topological polar surface area (TPSA) is 3.24 Å². The van der Waals surface area contributed by atoms with Crippen LogP contribution in [0.4, 0.5) is 5.69 Å². The van der Waals surface area contributed by atoms with E-state index in [0.29, 0.717) is 0 Å². The van der Waals surface area contributed by atoms with E-state index in [2.05, 4.69) is 66.6 Å². The Morgan fingerprint density at radius 3 is 2.09 bits per heavy atom. The summed E-state index contributed by atoms with van der Waals surface area (Å²) in [7, 11) is 0. The monoisotopic (exact) mass is 305 g/mol. The molecule has 0 fully saturated rings. The van der Waals surface area contributed by atoms with Crippen LogP contribution in [-0.2, 0) is 6.54 Å². The summed E-state index contributed by atoms with van der Waals surface area (Å²) in [6.07, 6.45) is 5.71. The average molecular weight is 305 g/mol. The second-order valence-electron chi connectivity index (χ2n) is 4.93. The molecule has 0 amide bonds. The third kappa shape index (κ3) is 6.84. The number of hydrogen-bond acceptors (Lipinski definition) is 1. The lowest BCUT2D eigenvalue weighted by atomic mass is 10.1. The highest BCUT2D eigenvalue weighted by molar-refractivity contribution is 5.48. The van der Waals surface area contributed by atoms with Crippen molar-refractivity contribution in [2.24, 2.45) is 0 Å². The summed E-state index contributed by atoms with van der Waals surface area (Å²) in [5.74, 6) is 0. The lowest BCUT2D eigenvalue weighted by Crippen LogP contribution is -2.24. The Kier molecular flexibility index (Phi) is 8.92. The van der Waals surface area contributed by atoms with Crippen LogP contribution in [0.2, 0.25) is 0 Å². The third-order valence-electron chi connectivity index (χ3n) is 3.20. The molecule has 0 aliphatic carbocycles. The van der Waals surface area contributed by atoms with Gasteiger partial charge in [0, 0.05) is 18.8 Å². The Bertz CT molecular complexity index is 596. The van der Waals surface area contributed by atoms with Crippen molar-refractivity contribution >= 4 is 5.69 Å². The van der Waals surface area contributed by atoms with E-state index in [9.17, 15) is 0 Å². The quantitative estimate of drug-likeness (QED) is 0.565. The van der Waals surface area contributed by atoms with Crippen LogP contribution in [0, 0.1) is 0 Å². The first-order valence-corrected chi connectivity index (χ1v) is 8.10. The van der Waals surface area contributed by atoms with Crippen LogP contribution in [0.15, 0.2) is 97.6 Å². The molecule has 0 heterocycles. The van der Waals surface area contributed by atoms with Crippen LogP contribution in [0.3, 0.4) is 0 Å². The lowest BCUT2D eigenvalue weighted by Gasteiger charge is -2.25. The highest BCUT2D eigenvalue weighted by Gasteiger charge is 2.07. The van der Waals surface area contributed by atoms with Crippen molar-refractivity contribution in [1.29, 1.82) is 0 Å². The zero-order valence-electron chi connectivity index (χ0n) is 14.3. The zero-order chi connectivity index (χ0) is 16.9. The van der Waals surface area contributed by atoms with E-state index < -0.39 is 0 Å². The minimum Gasteiger partial charge on any atom is -0.363 e. The molecule has 1 nitrogen and oxygen atoms in total. The normalized spacial score (nSPS) is 9.83. The maximum atomic E-state index is 4.12. The molecule has 2 aromatic rings. The highest BCUT2D eigenvalue weighted by Crippen LogP contribution is 2.18. The Morgan fingerprint density at radius 2 is 1.52 bits per heavy atom. The van der Waals surface area contributed by atoms with E-state index in [1.807, 2.05) is 38.1 Å². The van der Waals surface area contributed by atoms with Gasteiger partial charge in [-0.3, -0.25) is 0 Å². The van der Waals surface area contributed by atoms with Gasteiger partial charge in [-0.25, -0.2) is 0 Å². The molecule has 0 atom stereocenters. The largest absolute Gasteiger partial charge is 0.363 e. The van der Waals surface area contributed by atoms with E-state index in [1.54, 1.807) is 6.08 Å². The number of benzene rings is 2. The van der Waals surface area contributed by atoms with E-state index in [-0.39, 0.29) is 0 Å². The fourth-order valence-corrected chi connectivity index (χ4v) is 2.18. The molecule has 0 radical (unpaired) electrons. The van der Waals surface area contributed by atoms with Gasteiger partial charge in [-0.15, -0.1) is 0 Å². The Hall–Kier alpha value is -2.54. The first kappa shape index (κ1) is 18.5. The number of nitrogens with zero attached hydrogens (tertiary/aromatic N) is 1. The number of hydrogen-bond donors (Lipinski definition) is 0. The molecule has 0 bridgehead atoms. The molecule has 0 N–H and O–H groups in total. The van der Waals surface area contributed by atoms with Crippen molar-refractivity contribution in [3.05, 3.63) is 103 Å². The second-order valence-corrected chi connectivity index (χ2v) is 4.93. The first-order chi connectivity index (χ1) is 11.3. The first-order valence-electron chi connectivity index (χ1n) is 8.10. The van der Waals surface area contributed by atoms with Crippen LogP contribution in [0.25, 0.3) is 0 Å². The summed E-state index contributed by atoms with van der Waals surface area (Å²) in [4.78, 5) is 2.32. The maximum absolute atomic E-state index is 4.12. The summed E-state index contributed by atoms with van der Waals surface area (Å²) in [5, 5.41) is 0. The molecule has 0 aliphatic heterocycles. The van der Waals surface area contributed by atoms with Crippen molar-refractivity contribution in [2.45, 2.75) is 20.4 Å². The zero-order valence-corrected chi connectivity index (χ0v) is 14.3.